The lowest BCUT2D eigenvalue weighted by Crippen LogP contribution is -2.53. The van der Waals surface area contributed by atoms with Gasteiger partial charge >= 0.3 is 6.09 Å². The van der Waals surface area contributed by atoms with E-state index in [1.54, 1.807) is 0 Å². The van der Waals surface area contributed by atoms with Gasteiger partial charge in [0.15, 0.2) is 0 Å². The standard InChI is InChI=1S/C29H34N4.C2H5NO2/c30-18-23-10-12-28(13-11-23)33-20-24(21-33)19-32-16-14-27(15-17-32)29(22-31,26-8-4-5-9-26)25-6-2-1-3-7-25;1-5-2(3)4/h1-3,6-7,10-13,24,26-27H,4-5,8-9,14-17,19-21H2;1H3,(H2,3,4). The number of ether oxygens (including phenoxy) is 1. The molecule has 0 bridgehead atoms. The third-order valence-corrected chi connectivity index (χ3v) is 8.70. The Bertz CT molecular complexity index is 1120. The highest BCUT2D eigenvalue weighted by Crippen LogP contribution is 2.50. The number of nitrogens with two attached hydrogens (primary N) is 1. The van der Waals surface area contributed by atoms with Crippen LogP contribution in [0.25, 0.3) is 0 Å². The summed E-state index contributed by atoms with van der Waals surface area (Å²) in [7, 11) is 1.22. The second kappa shape index (κ2) is 12.8. The molecule has 2 heterocycles. The van der Waals surface area contributed by atoms with Crippen LogP contribution in [0.1, 0.15) is 49.7 Å². The van der Waals surface area contributed by atoms with Crippen LogP contribution < -0.4 is 10.6 Å². The summed E-state index contributed by atoms with van der Waals surface area (Å²) in [6, 6.07) is 23.8. The van der Waals surface area contributed by atoms with E-state index < -0.39 is 6.09 Å². The fourth-order valence-corrected chi connectivity index (χ4v) is 6.73. The predicted molar refractivity (Wildman–Crippen MR) is 148 cm³/mol. The van der Waals surface area contributed by atoms with Crippen LogP contribution in [0.2, 0.25) is 0 Å². The van der Waals surface area contributed by atoms with Crippen LogP contribution in [0.3, 0.4) is 0 Å². The van der Waals surface area contributed by atoms with E-state index in [0.29, 0.717) is 17.8 Å². The quantitative estimate of drug-likeness (QED) is 0.578. The molecule has 2 aromatic carbocycles. The summed E-state index contributed by atoms with van der Waals surface area (Å²) >= 11 is 0. The Hall–Kier alpha value is -3.55. The van der Waals surface area contributed by atoms with Gasteiger partial charge in [-0.3, -0.25) is 0 Å². The lowest BCUT2D eigenvalue weighted by molar-refractivity contribution is 0.103. The molecule has 3 fully saturated rings. The van der Waals surface area contributed by atoms with E-state index in [9.17, 15) is 10.1 Å². The van der Waals surface area contributed by atoms with Gasteiger partial charge in [0.25, 0.3) is 0 Å². The second-order valence-corrected chi connectivity index (χ2v) is 10.9. The molecule has 0 radical (unpaired) electrons. The summed E-state index contributed by atoms with van der Waals surface area (Å²) < 4.78 is 3.89. The number of primary amides is 1. The van der Waals surface area contributed by atoms with E-state index >= 15 is 0 Å². The Morgan fingerprint density at radius 1 is 0.974 bits per heavy atom. The first-order valence-corrected chi connectivity index (χ1v) is 13.8. The smallest absolute Gasteiger partial charge is 0.404 e. The van der Waals surface area contributed by atoms with Gasteiger partial charge in [-0.2, -0.15) is 10.5 Å². The Morgan fingerprint density at radius 3 is 2.08 bits per heavy atom. The van der Waals surface area contributed by atoms with Gasteiger partial charge in [-0.15, -0.1) is 0 Å². The number of benzene rings is 2. The Morgan fingerprint density at radius 2 is 1.55 bits per heavy atom. The van der Waals surface area contributed by atoms with Gasteiger partial charge in [0.2, 0.25) is 0 Å². The average Bonchev–Trinajstić information content (AvgIpc) is 3.48. The van der Waals surface area contributed by atoms with Crippen molar-refractivity contribution in [2.24, 2.45) is 23.5 Å². The molecule has 5 rings (SSSR count). The number of hydrogen-bond donors (Lipinski definition) is 1. The number of methoxy groups -OCH3 is 1. The third kappa shape index (κ3) is 6.11. The minimum absolute atomic E-state index is 0.313. The van der Waals surface area contributed by atoms with Gasteiger partial charge < -0.3 is 20.3 Å². The zero-order chi connectivity index (χ0) is 27.0. The number of amides is 1. The molecule has 1 saturated carbocycles. The van der Waals surface area contributed by atoms with E-state index in [4.69, 9.17) is 5.26 Å². The fourth-order valence-electron chi connectivity index (χ4n) is 6.73. The Kier molecular flexibility index (Phi) is 9.26. The van der Waals surface area contributed by atoms with Crippen LogP contribution in [0, 0.1) is 40.4 Å². The molecule has 1 aliphatic carbocycles. The van der Waals surface area contributed by atoms with E-state index in [2.05, 4.69) is 74.9 Å². The summed E-state index contributed by atoms with van der Waals surface area (Å²) in [6.07, 6.45) is 6.47. The molecule has 0 spiro atoms. The molecular weight excluding hydrogens is 474 g/mol. The maximum atomic E-state index is 10.6. The van der Waals surface area contributed by atoms with Crippen molar-refractivity contribution in [3.8, 4) is 12.1 Å². The molecule has 3 aliphatic rings. The molecular formula is C31H39N5O2. The molecule has 0 aromatic heterocycles. The SMILES string of the molecule is COC(N)=O.N#Cc1ccc(N2CC(CN3CCC(C(C#N)(c4ccccc4)C4CCCC4)CC3)C2)cc1. The Balaban J connectivity index is 0.000000617. The van der Waals surface area contributed by atoms with Gasteiger partial charge in [-0.25, -0.2) is 4.79 Å². The zero-order valence-electron chi connectivity index (χ0n) is 22.4. The van der Waals surface area contributed by atoms with Crippen molar-refractivity contribution in [2.75, 3.05) is 44.7 Å². The largest absolute Gasteiger partial charge is 0.453 e. The van der Waals surface area contributed by atoms with Gasteiger partial charge in [0.1, 0.15) is 0 Å². The van der Waals surface area contributed by atoms with Crippen molar-refractivity contribution in [1.82, 2.24) is 4.90 Å². The van der Waals surface area contributed by atoms with E-state index in [0.717, 1.165) is 51.1 Å². The van der Waals surface area contributed by atoms with Crippen molar-refractivity contribution in [2.45, 2.75) is 43.9 Å². The van der Waals surface area contributed by atoms with E-state index in [1.807, 2.05) is 12.1 Å². The molecule has 1 atom stereocenters. The summed E-state index contributed by atoms with van der Waals surface area (Å²) in [5, 5.41) is 19.6. The molecule has 2 aliphatic heterocycles. The maximum Gasteiger partial charge on any atom is 0.404 e. The van der Waals surface area contributed by atoms with E-state index in [-0.39, 0.29) is 5.41 Å². The predicted octanol–water partition coefficient (Wildman–Crippen LogP) is 5.07. The van der Waals surface area contributed by atoms with Crippen LogP contribution in [-0.4, -0.2) is 50.8 Å². The second-order valence-electron chi connectivity index (χ2n) is 10.9. The van der Waals surface area contributed by atoms with Crippen LogP contribution in [0.4, 0.5) is 10.5 Å². The number of hydrogen-bond acceptors (Lipinski definition) is 6. The highest BCUT2D eigenvalue weighted by atomic mass is 16.5. The van der Waals surface area contributed by atoms with Crippen LogP contribution in [-0.2, 0) is 10.2 Å². The van der Waals surface area contributed by atoms with Gasteiger partial charge in [0, 0.05) is 31.2 Å². The summed E-state index contributed by atoms with van der Waals surface area (Å²) in [6.45, 7) is 5.58. The van der Waals surface area contributed by atoms with Gasteiger partial charge in [-0.05, 0) is 80.4 Å². The summed E-state index contributed by atoms with van der Waals surface area (Å²) in [4.78, 5) is 14.4. The number of piperidine rings is 1. The first kappa shape index (κ1) is 27.5. The highest BCUT2D eigenvalue weighted by molar-refractivity contribution is 5.64. The lowest BCUT2D eigenvalue weighted by Gasteiger charge is -2.47. The Labute approximate surface area is 226 Å². The lowest BCUT2D eigenvalue weighted by atomic mass is 9.60. The van der Waals surface area contributed by atoms with Crippen molar-refractivity contribution >= 4 is 11.8 Å². The topological polar surface area (TPSA) is 106 Å². The number of likely N-dealkylation sites (tertiary alicyclic amines) is 1. The van der Waals surface area contributed by atoms with Gasteiger partial charge in [-0.1, -0.05) is 43.2 Å². The number of rotatable bonds is 6. The summed E-state index contributed by atoms with van der Waals surface area (Å²) in [5.41, 5.74) is 7.32. The fraction of sp³-hybridized carbons (Fsp3) is 0.516. The number of carbonyl (C=O) groups is 1. The number of nitriles is 2. The molecule has 1 amide bonds. The average molecular weight is 514 g/mol. The molecule has 200 valence electrons. The zero-order valence-corrected chi connectivity index (χ0v) is 22.4. The molecule has 7 nitrogen and oxygen atoms in total. The third-order valence-electron chi connectivity index (χ3n) is 8.70. The number of anilines is 1. The van der Waals surface area contributed by atoms with Crippen molar-refractivity contribution < 1.29 is 9.53 Å². The van der Waals surface area contributed by atoms with Crippen molar-refractivity contribution in [3.63, 3.8) is 0 Å². The van der Waals surface area contributed by atoms with Crippen LogP contribution in [0.15, 0.2) is 54.6 Å². The van der Waals surface area contributed by atoms with Crippen LogP contribution >= 0.6 is 0 Å². The van der Waals surface area contributed by atoms with E-state index in [1.165, 1.54) is 44.0 Å². The molecule has 2 N–H and O–H groups in total. The normalized spacial score (nSPS) is 20.2. The molecule has 1 unspecified atom stereocenters. The first-order chi connectivity index (χ1) is 18.5. The molecule has 7 heteroatoms. The minimum atomic E-state index is -0.745. The van der Waals surface area contributed by atoms with Gasteiger partial charge in [0.05, 0.1) is 30.2 Å². The van der Waals surface area contributed by atoms with Crippen molar-refractivity contribution in [3.05, 3.63) is 65.7 Å². The number of nitrogens with zero attached hydrogens (tertiary/aromatic N) is 4. The maximum absolute atomic E-state index is 10.6. The molecule has 2 saturated heterocycles. The van der Waals surface area contributed by atoms with Crippen LogP contribution in [0.5, 0.6) is 0 Å². The molecule has 2 aromatic rings. The summed E-state index contributed by atoms with van der Waals surface area (Å²) in [5.74, 6) is 1.68. The minimum Gasteiger partial charge on any atom is -0.453 e. The molecule has 38 heavy (non-hydrogen) atoms. The van der Waals surface area contributed by atoms with Crippen molar-refractivity contribution in [1.29, 1.82) is 10.5 Å². The first-order valence-electron chi connectivity index (χ1n) is 13.8. The highest BCUT2D eigenvalue weighted by Gasteiger charge is 2.48. The number of carbonyl (C=O) groups excluding carboxylic acids is 1. The monoisotopic (exact) mass is 513 g/mol.